The number of rotatable bonds is 8. The van der Waals surface area contributed by atoms with Crippen LogP contribution in [0, 0.1) is 6.92 Å². The molecule has 0 saturated heterocycles. The van der Waals surface area contributed by atoms with Crippen molar-refractivity contribution in [1.29, 1.82) is 0 Å². The summed E-state index contributed by atoms with van der Waals surface area (Å²) in [6.45, 7) is 3.23. The standard InChI is InChI=1S/C19H24N4O3.ClH/c1-14-8-9-16(22-19(25)21-15-6-4-3-5-7-15)12-17(14)23-18(24)13-20-10-11-26-2;/h3-9,12,20H,10-11,13H2,1-2H3,(H,23,24)(H2,21,22,25);1H. The molecule has 27 heavy (non-hydrogen) atoms. The minimum Gasteiger partial charge on any atom is -0.383 e. The first-order valence-electron chi connectivity index (χ1n) is 8.31. The first-order chi connectivity index (χ1) is 12.6. The van der Waals surface area contributed by atoms with Gasteiger partial charge in [-0.05, 0) is 36.8 Å². The molecule has 0 aliphatic rings. The Morgan fingerprint density at radius 1 is 0.963 bits per heavy atom. The van der Waals surface area contributed by atoms with Crippen LogP contribution >= 0.6 is 12.4 Å². The number of aryl methyl sites for hydroxylation is 1. The summed E-state index contributed by atoms with van der Waals surface area (Å²) in [5, 5.41) is 11.3. The van der Waals surface area contributed by atoms with Crippen LogP contribution in [-0.2, 0) is 9.53 Å². The van der Waals surface area contributed by atoms with Gasteiger partial charge in [-0.25, -0.2) is 4.79 Å². The van der Waals surface area contributed by atoms with Gasteiger partial charge in [0.2, 0.25) is 5.91 Å². The zero-order valence-electron chi connectivity index (χ0n) is 15.4. The fourth-order valence-corrected chi connectivity index (χ4v) is 2.22. The third-order valence-electron chi connectivity index (χ3n) is 3.57. The van der Waals surface area contributed by atoms with E-state index in [-0.39, 0.29) is 30.9 Å². The first-order valence-corrected chi connectivity index (χ1v) is 8.31. The molecular formula is C19H25ClN4O3. The maximum absolute atomic E-state index is 12.1. The molecule has 0 atom stereocenters. The lowest BCUT2D eigenvalue weighted by molar-refractivity contribution is -0.115. The monoisotopic (exact) mass is 392 g/mol. The topological polar surface area (TPSA) is 91.5 Å². The van der Waals surface area contributed by atoms with E-state index in [0.29, 0.717) is 30.2 Å². The van der Waals surface area contributed by atoms with Crippen LogP contribution in [0.5, 0.6) is 0 Å². The highest BCUT2D eigenvalue weighted by atomic mass is 35.5. The summed E-state index contributed by atoms with van der Waals surface area (Å²) < 4.78 is 4.92. The summed E-state index contributed by atoms with van der Waals surface area (Å²) in [4.78, 5) is 24.1. The molecule has 146 valence electrons. The largest absolute Gasteiger partial charge is 0.383 e. The summed E-state index contributed by atoms with van der Waals surface area (Å²) in [6, 6.07) is 14.2. The number of anilines is 3. The number of hydrogen-bond acceptors (Lipinski definition) is 4. The van der Waals surface area contributed by atoms with E-state index in [1.54, 1.807) is 31.4 Å². The Morgan fingerprint density at radius 3 is 2.37 bits per heavy atom. The summed E-state index contributed by atoms with van der Waals surface area (Å²) >= 11 is 0. The molecule has 0 bridgehead atoms. The van der Waals surface area contributed by atoms with Crippen molar-refractivity contribution in [2.75, 3.05) is 42.8 Å². The van der Waals surface area contributed by atoms with Gasteiger partial charge in [0.25, 0.3) is 0 Å². The SMILES string of the molecule is COCCNCC(=O)Nc1cc(NC(=O)Nc2ccccc2)ccc1C.Cl. The zero-order chi connectivity index (χ0) is 18.8. The third-order valence-corrected chi connectivity index (χ3v) is 3.57. The van der Waals surface area contributed by atoms with Gasteiger partial charge in [0.15, 0.2) is 0 Å². The average molecular weight is 393 g/mol. The molecule has 8 heteroatoms. The fraction of sp³-hybridized carbons (Fsp3) is 0.263. The lowest BCUT2D eigenvalue weighted by Gasteiger charge is -2.12. The number of methoxy groups -OCH3 is 1. The van der Waals surface area contributed by atoms with Crippen molar-refractivity contribution in [2.45, 2.75) is 6.92 Å². The van der Waals surface area contributed by atoms with Crippen LogP contribution in [0.3, 0.4) is 0 Å². The van der Waals surface area contributed by atoms with Gasteiger partial charge >= 0.3 is 6.03 Å². The second-order valence-corrected chi connectivity index (χ2v) is 5.69. The second kappa shape index (κ2) is 11.9. The number of nitrogens with one attached hydrogen (secondary N) is 4. The number of carbonyl (C=O) groups is 2. The maximum Gasteiger partial charge on any atom is 0.323 e. The Hall–Kier alpha value is -2.61. The molecule has 0 aliphatic carbocycles. The summed E-state index contributed by atoms with van der Waals surface area (Å²) in [5.41, 5.74) is 2.85. The number of carbonyl (C=O) groups excluding carboxylic acids is 2. The predicted octanol–water partition coefficient (Wildman–Crippen LogP) is 3.24. The van der Waals surface area contributed by atoms with Crippen LogP contribution in [0.25, 0.3) is 0 Å². The Labute approximate surface area is 165 Å². The lowest BCUT2D eigenvalue weighted by atomic mass is 10.1. The van der Waals surface area contributed by atoms with Gasteiger partial charge in [-0.2, -0.15) is 0 Å². The van der Waals surface area contributed by atoms with Crippen LogP contribution in [-0.4, -0.2) is 38.7 Å². The van der Waals surface area contributed by atoms with Crippen molar-refractivity contribution in [3.63, 3.8) is 0 Å². The van der Waals surface area contributed by atoms with Gasteiger partial charge in [-0.1, -0.05) is 24.3 Å². The fourth-order valence-electron chi connectivity index (χ4n) is 2.22. The minimum atomic E-state index is -0.349. The zero-order valence-corrected chi connectivity index (χ0v) is 16.2. The van der Waals surface area contributed by atoms with Gasteiger partial charge in [-0.15, -0.1) is 12.4 Å². The van der Waals surface area contributed by atoms with E-state index in [4.69, 9.17) is 4.74 Å². The number of para-hydroxylation sites is 1. The summed E-state index contributed by atoms with van der Waals surface area (Å²) in [5.74, 6) is -0.157. The molecule has 0 unspecified atom stereocenters. The smallest absolute Gasteiger partial charge is 0.323 e. The van der Waals surface area contributed by atoms with E-state index in [1.165, 1.54) is 0 Å². The lowest BCUT2D eigenvalue weighted by Crippen LogP contribution is -2.30. The number of ether oxygens (including phenoxy) is 1. The van der Waals surface area contributed by atoms with Gasteiger partial charge in [0.1, 0.15) is 0 Å². The quantitative estimate of drug-likeness (QED) is 0.519. The highest BCUT2D eigenvalue weighted by molar-refractivity contribution is 6.00. The molecule has 0 aliphatic heterocycles. The second-order valence-electron chi connectivity index (χ2n) is 5.69. The van der Waals surface area contributed by atoms with Crippen LogP contribution in [0.2, 0.25) is 0 Å². The maximum atomic E-state index is 12.1. The number of halogens is 1. The Bertz CT molecular complexity index is 741. The van der Waals surface area contributed by atoms with Crippen molar-refractivity contribution >= 4 is 41.4 Å². The van der Waals surface area contributed by atoms with Crippen molar-refractivity contribution in [2.24, 2.45) is 0 Å². The summed E-state index contributed by atoms with van der Waals surface area (Å²) in [6.07, 6.45) is 0. The number of benzene rings is 2. The molecule has 0 heterocycles. The van der Waals surface area contributed by atoms with Gasteiger partial charge in [0.05, 0.1) is 13.2 Å². The van der Waals surface area contributed by atoms with Crippen LogP contribution in [0.15, 0.2) is 48.5 Å². The van der Waals surface area contributed by atoms with Crippen molar-refractivity contribution < 1.29 is 14.3 Å². The van der Waals surface area contributed by atoms with E-state index in [9.17, 15) is 9.59 Å². The third kappa shape index (κ3) is 8.08. The molecule has 0 aromatic heterocycles. The van der Waals surface area contributed by atoms with Gasteiger partial charge in [-0.3, -0.25) is 4.79 Å². The molecule has 7 nitrogen and oxygen atoms in total. The Kier molecular flexibility index (Phi) is 9.89. The van der Waals surface area contributed by atoms with E-state index in [1.807, 2.05) is 31.2 Å². The highest BCUT2D eigenvalue weighted by Crippen LogP contribution is 2.20. The first kappa shape index (κ1) is 22.4. The number of amides is 3. The van der Waals surface area contributed by atoms with Crippen LogP contribution in [0.1, 0.15) is 5.56 Å². The van der Waals surface area contributed by atoms with Crippen molar-refractivity contribution in [3.8, 4) is 0 Å². The molecule has 0 saturated carbocycles. The molecule has 2 aromatic carbocycles. The molecule has 2 aromatic rings. The van der Waals surface area contributed by atoms with Crippen LogP contribution < -0.4 is 21.3 Å². The average Bonchev–Trinajstić information content (AvgIpc) is 2.62. The molecule has 0 radical (unpaired) electrons. The van der Waals surface area contributed by atoms with E-state index >= 15 is 0 Å². The van der Waals surface area contributed by atoms with E-state index < -0.39 is 0 Å². The van der Waals surface area contributed by atoms with E-state index in [0.717, 1.165) is 5.56 Å². The van der Waals surface area contributed by atoms with Crippen LogP contribution in [0.4, 0.5) is 21.9 Å². The molecular weight excluding hydrogens is 368 g/mol. The van der Waals surface area contributed by atoms with E-state index in [2.05, 4.69) is 21.3 Å². The van der Waals surface area contributed by atoms with Crippen molar-refractivity contribution in [1.82, 2.24) is 5.32 Å². The minimum absolute atomic E-state index is 0. The van der Waals surface area contributed by atoms with Gasteiger partial charge in [0, 0.05) is 30.7 Å². The normalized spacial score (nSPS) is 9.85. The Balaban J connectivity index is 0.00000364. The number of hydrogen-bond donors (Lipinski definition) is 4. The molecule has 3 amide bonds. The van der Waals surface area contributed by atoms with Gasteiger partial charge < -0.3 is 26.0 Å². The predicted molar refractivity (Wildman–Crippen MR) is 111 cm³/mol. The highest BCUT2D eigenvalue weighted by Gasteiger charge is 2.08. The number of urea groups is 1. The van der Waals surface area contributed by atoms with Crippen molar-refractivity contribution in [3.05, 3.63) is 54.1 Å². The Morgan fingerprint density at radius 2 is 1.67 bits per heavy atom. The summed E-state index contributed by atoms with van der Waals surface area (Å²) in [7, 11) is 1.61. The molecule has 2 rings (SSSR count). The molecule has 4 N–H and O–H groups in total. The molecule has 0 spiro atoms. The molecule has 0 fully saturated rings.